The molecule has 1 nitrogen and oxygen atoms in total. The number of hydrogen-bond acceptors (Lipinski definition) is 1. The van der Waals surface area contributed by atoms with Crippen molar-refractivity contribution in [2.75, 3.05) is 0 Å². The molecule has 100 valence electrons. The van der Waals surface area contributed by atoms with Crippen LogP contribution in [0.25, 0.3) is 0 Å². The van der Waals surface area contributed by atoms with Gasteiger partial charge in [0.25, 0.3) is 0 Å². The van der Waals surface area contributed by atoms with Crippen LogP contribution in [-0.4, -0.2) is 34.7 Å². The fraction of sp³-hybridized carbons (Fsp3) is 1.00. The molecule has 2 bridgehead atoms. The van der Waals surface area contributed by atoms with Crippen LogP contribution in [0.4, 0.5) is 26.3 Å². The lowest BCUT2D eigenvalue weighted by atomic mass is 9.82. The third kappa shape index (κ3) is 1.58. The third-order valence-corrected chi connectivity index (χ3v) is 4.47. The summed E-state index contributed by atoms with van der Waals surface area (Å²) < 4.78 is 76.7. The first-order valence-corrected chi connectivity index (χ1v) is 5.59. The Morgan fingerprint density at radius 3 is 1.71 bits per heavy atom. The van der Waals surface area contributed by atoms with E-state index in [0.717, 1.165) is 0 Å². The van der Waals surface area contributed by atoms with Crippen molar-refractivity contribution in [3.8, 4) is 0 Å². The number of hydrogen-bond donors (Lipinski definition) is 1. The maximum absolute atomic E-state index is 12.8. The van der Waals surface area contributed by atoms with E-state index in [2.05, 4.69) is 0 Å². The highest BCUT2D eigenvalue weighted by molar-refractivity contribution is 6.26. The van der Waals surface area contributed by atoms with Crippen LogP contribution in [0, 0.1) is 5.92 Å². The van der Waals surface area contributed by atoms with Gasteiger partial charge in [0.15, 0.2) is 0 Å². The van der Waals surface area contributed by atoms with Gasteiger partial charge in [-0.1, -0.05) is 0 Å². The molecule has 0 aromatic heterocycles. The first kappa shape index (κ1) is 13.5. The van der Waals surface area contributed by atoms with Crippen LogP contribution in [0.5, 0.6) is 0 Å². The van der Waals surface area contributed by atoms with E-state index < -0.39 is 47.0 Å². The standard InChI is InChI=1S/C8H7Cl2F6N/c9-3-1-2-4(10)5(3)17-6(2,7(11,12)13)8(14,15)16/h2-5,17H,1H2/t2-,3-,4-,5-/m0/s1. The van der Waals surface area contributed by atoms with Crippen molar-refractivity contribution < 1.29 is 26.3 Å². The highest BCUT2D eigenvalue weighted by atomic mass is 35.5. The van der Waals surface area contributed by atoms with Crippen LogP contribution in [0.2, 0.25) is 0 Å². The van der Waals surface area contributed by atoms with E-state index in [1.165, 1.54) is 0 Å². The van der Waals surface area contributed by atoms with Gasteiger partial charge in [0.2, 0.25) is 5.54 Å². The molecular weight excluding hydrogens is 295 g/mol. The molecule has 0 spiro atoms. The fourth-order valence-corrected chi connectivity index (χ4v) is 3.69. The Balaban J connectivity index is 2.48. The third-order valence-electron chi connectivity index (χ3n) is 3.44. The molecule has 0 amide bonds. The molecule has 1 N–H and O–H groups in total. The van der Waals surface area contributed by atoms with E-state index in [4.69, 9.17) is 23.2 Å². The molecule has 0 aromatic rings. The Morgan fingerprint density at radius 2 is 1.47 bits per heavy atom. The maximum atomic E-state index is 12.8. The number of halogens is 8. The van der Waals surface area contributed by atoms with Gasteiger partial charge in [0, 0.05) is 12.0 Å². The van der Waals surface area contributed by atoms with Crippen LogP contribution in [0.3, 0.4) is 0 Å². The summed E-state index contributed by atoms with van der Waals surface area (Å²) >= 11 is 11.3. The lowest BCUT2D eigenvalue weighted by Gasteiger charge is -2.41. The van der Waals surface area contributed by atoms with Gasteiger partial charge in [0.05, 0.1) is 10.8 Å². The molecule has 1 aliphatic carbocycles. The van der Waals surface area contributed by atoms with Gasteiger partial charge in [-0.05, 0) is 6.42 Å². The van der Waals surface area contributed by atoms with E-state index >= 15 is 0 Å². The first-order valence-electron chi connectivity index (χ1n) is 4.71. The summed E-state index contributed by atoms with van der Waals surface area (Å²) in [6.07, 6.45) is -11.3. The zero-order valence-electron chi connectivity index (χ0n) is 8.04. The summed E-state index contributed by atoms with van der Waals surface area (Å²) in [5.41, 5.74) is -3.93. The second-order valence-corrected chi connectivity index (χ2v) is 5.34. The monoisotopic (exact) mass is 301 g/mol. The highest BCUT2D eigenvalue weighted by Crippen LogP contribution is 2.59. The normalized spacial score (nSPS) is 40.9. The number of nitrogens with one attached hydrogen (secondary N) is 1. The Bertz CT molecular complexity index is 313. The minimum Gasteiger partial charge on any atom is -0.290 e. The minimum absolute atomic E-state index is 0.396. The Hall–Kier alpha value is 0.120. The van der Waals surface area contributed by atoms with Gasteiger partial charge in [-0.15, -0.1) is 23.2 Å². The minimum atomic E-state index is -5.45. The first-order chi connectivity index (χ1) is 7.52. The Labute approximate surface area is 102 Å². The fourth-order valence-electron chi connectivity index (χ4n) is 2.67. The molecule has 2 aliphatic rings. The largest absolute Gasteiger partial charge is 0.415 e. The molecule has 9 heteroatoms. The molecule has 1 aliphatic heterocycles. The molecule has 4 atom stereocenters. The number of rotatable bonds is 0. The molecule has 0 radical (unpaired) electrons. The summed E-state index contributed by atoms with van der Waals surface area (Å²) in [7, 11) is 0. The van der Waals surface area contributed by atoms with E-state index in [0.29, 0.717) is 0 Å². The Morgan fingerprint density at radius 1 is 1.00 bits per heavy atom. The average Bonchev–Trinajstić information content (AvgIpc) is 2.53. The number of alkyl halides is 8. The summed E-state index contributed by atoms with van der Waals surface area (Å²) in [6, 6.07) is -1.17. The summed E-state index contributed by atoms with van der Waals surface area (Å²) in [6.45, 7) is 0. The van der Waals surface area contributed by atoms with Gasteiger partial charge in [-0.3, -0.25) is 5.32 Å². The molecule has 0 unspecified atom stereocenters. The summed E-state index contributed by atoms with van der Waals surface area (Å²) in [5.74, 6) is -1.78. The predicted octanol–water partition coefficient (Wildman–Crippen LogP) is 3.06. The quantitative estimate of drug-likeness (QED) is 0.536. The molecule has 1 heterocycles. The molecular formula is C8H7Cl2F6N. The van der Waals surface area contributed by atoms with Crippen LogP contribution in [-0.2, 0) is 0 Å². The van der Waals surface area contributed by atoms with Crippen LogP contribution in [0.1, 0.15) is 6.42 Å². The summed E-state index contributed by atoms with van der Waals surface area (Å²) in [5, 5.41) is -0.499. The van der Waals surface area contributed by atoms with Gasteiger partial charge in [-0.25, -0.2) is 0 Å². The zero-order valence-corrected chi connectivity index (χ0v) is 9.55. The average molecular weight is 302 g/mol. The highest BCUT2D eigenvalue weighted by Gasteiger charge is 2.81. The van der Waals surface area contributed by atoms with Crippen LogP contribution < -0.4 is 5.32 Å². The Kier molecular flexibility index (Phi) is 2.85. The van der Waals surface area contributed by atoms with E-state index in [9.17, 15) is 26.3 Å². The van der Waals surface area contributed by atoms with E-state index in [1.54, 1.807) is 5.32 Å². The number of piperidine rings is 1. The van der Waals surface area contributed by atoms with Crippen molar-refractivity contribution in [2.24, 2.45) is 5.92 Å². The van der Waals surface area contributed by atoms with Gasteiger partial charge in [-0.2, -0.15) is 26.3 Å². The second kappa shape index (κ2) is 3.57. The van der Waals surface area contributed by atoms with Crippen molar-refractivity contribution in [2.45, 2.75) is 41.1 Å². The lowest BCUT2D eigenvalue weighted by Crippen LogP contribution is -2.70. The van der Waals surface area contributed by atoms with Crippen molar-refractivity contribution in [3.05, 3.63) is 0 Å². The zero-order chi connectivity index (χ0) is 13.2. The molecule has 0 aromatic carbocycles. The van der Waals surface area contributed by atoms with E-state index in [-0.39, 0.29) is 0 Å². The van der Waals surface area contributed by atoms with Crippen molar-refractivity contribution in [1.82, 2.24) is 5.32 Å². The van der Waals surface area contributed by atoms with Gasteiger partial charge >= 0.3 is 12.4 Å². The molecule has 2 fully saturated rings. The van der Waals surface area contributed by atoms with Crippen molar-refractivity contribution >= 4 is 23.2 Å². The SMILES string of the molecule is FC(F)(F)C1(C(F)(F)F)N[C@@H]2[C@@H](Cl)[C@@H]1C[C@@H]2Cl. The summed E-state index contributed by atoms with van der Waals surface area (Å²) in [4.78, 5) is 0. The van der Waals surface area contributed by atoms with Gasteiger partial charge < -0.3 is 0 Å². The molecule has 1 saturated carbocycles. The van der Waals surface area contributed by atoms with Crippen molar-refractivity contribution in [1.29, 1.82) is 0 Å². The lowest BCUT2D eigenvalue weighted by molar-refractivity contribution is -0.318. The van der Waals surface area contributed by atoms with Crippen LogP contribution >= 0.6 is 23.2 Å². The van der Waals surface area contributed by atoms with Crippen molar-refractivity contribution in [3.63, 3.8) is 0 Å². The smallest absolute Gasteiger partial charge is 0.290 e. The predicted molar refractivity (Wildman–Crippen MR) is 49.2 cm³/mol. The molecule has 1 saturated heterocycles. The molecule has 17 heavy (non-hydrogen) atoms. The second-order valence-electron chi connectivity index (χ2n) is 4.28. The van der Waals surface area contributed by atoms with Crippen LogP contribution in [0.15, 0.2) is 0 Å². The number of fused-ring (bicyclic) bond motifs is 2. The molecule has 2 rings (SSSR count). The van der Waals surface area contributed by atoms with E-state index in [1.807, 2.05) is 0 Å². The topological polar surface area (TPSA) is 12.0 Å². The maximum Gasteiger partial charge on any atom is 0.415 e. The van der Waals surface area contributed by atoms with Gasteiger partial charge in [0.1, 0.15) is 0 Å².